The molecular formula is C28H30ClN3O6S2. The maximum Gasteiger partial charge on any atom is 0.252 e. The summed E-state index contributed by atoms with van der Waals surface area (Å²) in [6, 6.07) is 12.6. The predicted octanol–water partition coefficient (Wildman–Crippen LogP) is 3.79. The second-order valence-electron chi connectivity index (χ2n) is 9.91. The van der Waals surface area contributed by atoms with Gasteiger partial charge in [0.05, 0.1) is 21.9 Å². The van der Waals surface area contributed by atoms with Crippen LogP contribution in [0.1, 0.15) is 34.2 Å². The molecule has 0 spiro atoms. The Balaban J connectivity index is 1.77. The SMILES string of the molecule is Cc1cc(C)c(C)c(S(=O)(=O)N(CCc2ccc(S(N)(=O)=O)cc2)C2CC(=O)N(c3ccc(Cl)cc3)C2=O)c1C. The van der Waals surface area contributed by atoms with Crippen molar-refractivity contribution in [1.82, 2.24) is 4.31 Å². The Labute approximate surface area is 239 Å². The van der Waals surface area contributed by atoms with Crippen LogP contribution >= 0.6 is 11.6 Å². The fourth-order valence-electron chi connectivity index (χ4n) is 4.92. The average Bonchev–Trinajstić information content (AvgIpc) is 3.16. The highest BCUT2D eigenvalue weighted by atomic mass is 35.5. The van der Waals surface area contributed by atoms with Gasteiger partial charge >= 0.3 is 0 Å². The van der Waals surface area contributed by atoms with E-state index in [2.05, 4.69) is 0 Å². The molecular weight excluding hydrogens is 574 g/mol. The molecule has 2 amide bonds. The van der Waals surface area contributed by atoms with Gasteiger partial charge in [0.25, 0.3) is 5.91 Å². The Morgan fingerprint density at radius 2 is 1.45 bits per heavy atom. The van der Waals surface area contributed by atoms with Crippen LogP contribution in [-0.4, -0.2) is 45.5 Å². The molecule has 0 radical (unpaired) electrons. The van der Waals surface area contributed by atoms with E-state index < -0.39 is 37.9 Å². The third-order valence-corrected chi connectivity index (χ3v) is 10.7. The number of rotatable bonds is 8. The zero-order valence-electron chi connectivity index (χ0n) is 22.5. The Kier molecular flexibility index (Phi) is 8.26. The van der Waals surface area contributed by atoms with E-state index in [1.54, 1.807) is 38.1 Å². The number of carbonyl (C=O) groups is 2. The standard InChI is InChI=1S/C28H30ClN3O6S2/c1-17-15-18(2)20(4)27(19(17)3)40(37,38)31(14-13-21-5-11-24(12-6-21)39(30,35)36)25-16-26(33)32(28(25)34)23-9-7-22(29)8-10-23/h5-12,15,25H,13-14,16H2,1-4H3,(H2,30,35,36). The molecule has 40 heavy (non-hydrogen) atoms. The van der Waals surface area contributed by atoms with Crippen molar-refractivity contribution in [3.8, 4) is 0 Å². The molecule has 1 saturated heterocycles. The lowest BCUT2D eigenvalue weighted by molar-refractivity contribution is -0.122. The van der Waals surface area contributed by atoms with Crippen LogP contribution in [0.2, 0.25) is 5.02 Å². The Morgan fingerprint density at radius 1 is 0.900 bits per heavy atom. The van der Waals surface area contributed by atoms with E-state index in [9.17, 15) is 26.4 Å². The van der Waals surface area contributed by atoms with Crippen molar-refractivity contribution >= 4 is 49.1 Å². The summed E-state index contributed by atoms with van der Waals surface area (Å²) < 4.78 is 53.1. The molecule has 0 bridgehead atoms. The molecule has 12 heteroatoms. The number of primary sulfonamides is 1. The summed E-state index contributed by atoms with van der Waals surface area (Å²) in [6.45, 7) is 6.97. The lowest BCUT2D eigenvalue weighted by atomic mass is 10.0. The third-order valence-electron chi connectivity index (χ3n) is 7.29. The highest BCUT2D eigenvalue weighted by Gasteiger charge is 2.47. The summed E-state index contributed by atoms with van der Waals surface area (Å²) in [7, 11) is -8.16. The first-order valence-electron chi connectivity index (χ1n) is 12.5. The number of hydrogen-bond donors (Lipinski definition) is 1. The highest BCUT2D eigenvalue weighted by molar-refractivity contribution is 7.89. The largest absolute Gasteiger partial charge is 0.274 e. The summed E-state index contributed by atoms with van der Waals surface area (Å²) in [4.78, 5) is 27.8. The van der Waals surface area contributed by atoms with Crippen molar-refractivity contribution in [2.45, 2.75) is 56.4 Å². The van der Waals surface area contributed by atoms with Gasteiger partial charge in [0.2, 0.25) is 26.0 Å². The number of halogens is 1. The van der Waals surface area contributed by atoms with Gasteiger partial charge in [0, 0.05) is 11.6 Å². The number of hydrogen-bond acceptors (Lipinski definition) is 6. The number of amides is 2. The molecule has 1 heterocycles. The molecule has 3 aromatic rings. The topological polar surface area (TPSA) is 135 Å². The van der Waals surface area contributed by atoms with E-state index in [0.717, 1.165) is 20.3 Å². The van der Waals surface area contributed by atoms with E-state index >= 15 is 0 Å². The molecule has 0 saturated carbocycles. The van der Waals surface area contributed by atoms with Gasteiger partial charge in [-0.05, 0) is 98.3 Å². The second-order valence-corrected chi connectivity index (χ2v) is 13.7. The maximum atomic E-state index is 14.3. The molecule has 9 nitrogen and oxygen atoms in total. The molecule has 1 unspecified atom stereocenters. The van der Waals surface area contributed by atoms with Crippen molar-refractivity contribution in [2.24, 2.45) is 5.14 Å². The fraction of sp³-hybridized carbons (Fsp3) is 0.286. The van der Waals surface area contributed by atoms with Crippen LogP contribution in [0, 0.1) is 27.7 Å². The zero-order chi connectivity index (χ0) is 29.6. The van der Waals surface area contributed by atoms with Crippen molar-refractivity contribution in [1.29, 1.82) is 0 Å². The van der Waals surface area contributed by atoms with E-state index in [1.807, 2.05) is 19.9 Å². The monoisotopic (exact) mass is 603 g/mol. The third kappa shape index (κ3) is 5.70. The van der Waals surface area contributed by atoms with Crippen molar-refractivity contribution in [3.63, 3.8) is 0 Å². The first-order valence-corrected chi connectivity index (χ1v) is 15.8. The molecule has 1 atom stereocenters. The van der Waals surface area contributed by atoms with Gasteiger partial charge in [-0.2, -0.15) is 4.31 Å². The van der Waals surface area contributed by atoms with Crippen molar-refractivity contribution < 1.29 is 26.4 Å². The van der Waals surface area contributed by atoms with Crippen molar-refractivity contribution in [3.05, 3.63) is 87.4 Å². The fourth-order valence-corrected chi connectivity index (χ4v) is 7.72. The van der Waals surface area contributed by atoms with Gasteiger partial charge in [-0.3, -0.25) is 9.59 Å². The average molecular weight is 604 g/mol. The Hall–Kier alpha value is -3.09. The van der Waals surface area contributed by atoms with E-state index in [1.165, 1.54) is 24.3 Å². The van der Waals surface area contributed by atoms with Crippen molar-refractivity contribution in [2.75, 3.05) is 11.4 Å². The number of carbonyl (C=O) groups excluding carboxylic acids is 2. The lowest BCUT2D eigenvalue weighted by Crippen LogP contribution is -2.46. The lowest BCUT2D eigenvalue weighted by Gasteiger charge is -2.29. The number of imide groups is 1. The number of nitrogens with two attached hydrogens (primary N) is 1. The van der Waals surface area contributed by atoms with E-state index in [-0.39, 0.29) is 29.2 Å². The second kappa shape index (κ2) is 11.1. The number of sulfonamides is 2. The molecule has 212 valence electrons. The summed E-state index contributed by atoms with van der Waals surface area (Å²) >= 11 is 5.97. The van der Waals surface area contributed by atoms with Gasteiger partial charge < -0.3 is 0 Å². The van der Waals surface area contributed by atoms with Gasteiger partial charge in [-0.25, -0.2) is 26.9 Å². The molecule has 0 aromatic heterocycles. The summed E-state index contributed by atoms with van der Waals surface area (Å²) in [5, 5.41) is 5.62. The molecule has 0 aliphatic carbocycles. The maximum absolute atomic E-state index is 14.3. The van der Waals surface area contributed by atoms with Crippen LogP contribution in [-0.2, 0) is 36.1 Å². The first kappa shape index (κ1) is 29.9. The Bertz CT molecular complexity index is 1680. The van der Waals surface area contributed by atoms with E-state index in [4.69, 9.17) is 16.7 Å². The van der Waals surface area contributed by atoms with Gasteiger partial charge in [-0.1, -0.05) is 29.8 Å². The summed E-state index contributed by atoms with van der Waals surface area (Å²) in [5.74, 6) is -1.18. The molecule has 1 aliphatic heterocycles. The smallest absolute Gasteiger partial charge is 0.252 e. The number of benzene rings is 3. The molecule has 2 N–H and O–H groups in total. The number of aryl methyl sites for hydroxylation is 2. The Morgan fingerprint density at radius 3 is 1.98 bits per heavy atom. The minimum absolute atomic E-state index is 0.0719. The van der Waals surface area contributed by atoms with Gasteiger partial charge in [0.15, 0.2) is 0 Å². The molecule has 3 aromatic carbocycles. The molecule has 1 fully saturated rings. The number of nitrogens with zero attached hydrogens (tertiary/aromatic N) is 2. The minimum Gasteiger partial charge on any atom is -0.274 e. The molecule has 1 aliphatic rings. The minimum atomic E-state index is -4.26. The first-order chi connectivity index (χ1) is 18.6. The van der Waals surface area contributed by atoms with Gasteiger partial charge in [-0.15, -0.1) is 0 Å². The van der Waals surface area contributed by atoms with Gasteiger partial charge in [0.1, 0.15) is 6.04 Å². The van der Waals surface area contributed by atoms with Crippen LogP contribution < -0.4 is 10.0 Å². The van der Waals surface area contributed by atoms with Crippen LogP contribution in [0.3, 0.4) is 0 Å². The predicted molar refractivity (Wildman–Crippen MR) is 153 cm³/mol. The summed E-state index contributed by atoms with van der Waals surface area (Å²) in [5.41, 5.74) is 3.65. The van der Waals surface area contributed by atoms with Crippen LogP contribution in [0.5, 0.6) is 0 Å². The quantitative estimate of drug-likeness (QED) is 0.389. The van der Waals surface area contributed by atoms with E-state index in [0.29, 0.717) is 27.4 Å². The normalized spacial score (nSPS) is 16.3. The van der Waals surface area contributed by atoms with Crippen LogP contribution in [0.4, 0.5) is 5.69 Å². The number of anilines is 1. The summed E-state index contributed by atoms with van der Waals surface area (Å²) in [6.07, 6.45) is -0.167. The molecule has 4 rings (SSSR count). The van der Waals surface area contributed by atoms with Crippen LogP contribution in [0.25, 0.3) is 0 Å². The highest BCUT2D eigenvalue weighted by Crippen LogP contribution is 2.34. The zero-order valence-corrected chi connectivity index (χ0v) is 24.9. The van der Waals surface area contributed by atoms with Crippen LogP contribution in [0.15, 0.2) is 64.4 Å².